The van der Waals surface area contributed by atoms with Crippen LogP contribution in [0.2, 0.25) is 5.02 Å². The smallest absolute Gasteiger partial charge is 0.311 e. The van der Waals surface area contributed by atoms with E-state index in [-0.39, 0.29) is 18.4 Å². The predicted molar refractivity (Wildman–Crippen MR) is 83.4 cm³/mol. The molecule has 6 heteroatoms. The van der Waals surface area contributed by atoms with Crippen LogP contribution in [0.15, 0.2) is 18.2 Å². The van der Waals surface area contributed by atoms with Gasteiger partial charge in [-0.15, -0.1) is 0 Å². The van der Waals surface area contributed by atoms with Crippen molar-refractivity contribution in [1.82, 2.24) is 4.90 Å². The van der Waals surface area contributed by atoms with Gasteiger partial charge < -0.3 is 14.7 Å². The molecule has 0 saturated carbocycles. The highest BCUT2D eigenvalue weighted by molar-refractivity contribution is 6.32. The van der Waals surface area contributed by atoms with Crippen LogP contribution in [0.25, 0.3) is 0 Å². The molecule has 1 N–H and O–H groups in total. The summed E-state index contributed by atoms with van der Waals surface area (Å²) in [7, 11) is 1.49. The Hall–Kier alpha value is -1.75. The van der Waals surface area contributed by atoms with Crippen molar-refractivity contribution in [1.29, 1.82) is 0 Å². The molecule has 1 saturated heterocycles. The molecule has 1 amide bonds. The first-order valence-corrected chi connectivity index (χ1v) is 7.56. The van der Waals surface area contributed by atoms with Gasteiger partial charge in [0.25, 0.3) is 5.91 Å². The van der Waals surface area contributed by atoms with Crippen LogP contribution >= 0.6 is 11.6 Å². The van der Waals surface area contributed by atoms with Gasteiger partial charge in [-0.2, -0.15) is 0 Å². The Morgan fingerprint density at radius 1 is 1.41 bits per heavy atom. The molecule has 1 heterocycles. The molecule has 1 aromatic rings. The number of benzene rings is 1. The van der Waals surface area contributed by atoms with Crippen molar-refractivity contribution in [2.75, 3.05) is 20.2 Å². The van der Waals surface area contributed by atoms with E-state index in [2.05, 4.69) is 0 Å². The summed E-state index contributed by atoms with van der Waals surface area (Å²) in [6, 6.07) is 4.82. The summed E-state index contributed by atoms with van der Waals surface area (Å²) in [5, 5.41) is 9.98. The van der Waals surface area contributed by atoms with Crippen molar-refractivity contribution in [2.24, 2.45) is 11.3 Å². The summed E-state index contributed by atoms with van der Waals surface area (Å²) in [6.07, 6.45) is 0.469. The van der Waals surface area contributed by atoms with Gasteiger partial charge in [0, 0.05) is 18.7 Å². The Morgan fingerprint density at radius 3 is 2.59 bits per heavy atom. The molecule has 0 spiro atoms. The Morgan fingerprint density at radius 2 is 2.09 bits per heavy atom. The average Bonchev–Trinajstić information content (AvgIpc) is 2.93. The van der Waals surface area contributed by atoms with E-state index in [1.54, 1.807) is 23.1 Å². The predicted octanol–water partition coefficient (Wildman–Crippen LogP) is 2.92. The zero-order valence-corrected chi connectivity index (χ0v) is 13.7. The van der Waals surface area contributed by atoms with E-state index < -0.39 is 11.4 Å². The molecule has 0 aliphatic carbocycles. The molecule has 0 aromatic heterocycles. The third-order valence-electron chi connectivity index (χ3n) is 4.52. The van der Waals surface area contributed by atoms with Crippen LogP contribution in [0.5, 0.6) is 5.75 Å². The lowest BCUT2D eigenvalue weighted by atomic mass is 9.76. The number of rotatable bonds is 4. The number of methoxy groups -OCH3 is 1. The second-order valence-electron chi connectivity index (χ2n) is 5.94. The number of carboxylic acids is 1. The van der Waals surface area contributed by atoms with Crippen molar-refractivity contribution >= 4 is 23.5 Å². The third-order valence-corrected chi connectivity index (χ3v) is 4.83. The summed E-state index contributed by atoms with van der Waals surface area (Å²) in [5.41, 5.74) is -0.419. The molecule has 1 aromatic carbocycles. The minimum Gasteiger partial charge on any atom is -0.495 e. The highest BCUT2D eigenvalue weighted by Crippen LogP contribution is 2.39. The highest BCUT2D eigenvalue weighted by Gasteiger charge is 2.48. The number of ether oxygens (including phenoxy) is 1. The fourth-order valence-electron chi connectivity index (χ4n) is 2.87. The number of hydrogen-bond acceptors (Lipinski definition) is 3. The lowest BCUT2D eigenvalue weighted by molar-refractivity contribution is -0.150. The molecule has 0 radical (unpaired) electrons. The van der Waals surface area contributed by atoms with Crippen LogP contribution in [0.3, 0.4) is 0 Å². The quantitative estimate of drug-likeness (QED) is 0.924. The van der Waals surface area contributed by atoms with Crippen LogP contribution in [0.4, 0.5) is 0 Å². The van der Waals surface area contributed by atoms with E-state index in [0.717, 1.165) is 0 Å². The average molecular weight is 326 g/mol. The van der Waals surface area contributed by atoms with Gasteiger partial charge in [-0.05, 0) is 30.5 Å². The number of likely N-dealkylation sites (tertiary alicyclic amines) is 1. The molecule has 120 valence electrons. The van der Waals surface area contributed by atoms with Crippen molar-refractivity contribution in [2.45, 2.75) is 20.3 Å². The minimum atomic E-state index is -0.869. The molecule has 1 atom stereocenters. The van der Waals surface area contributed by atoms with Crippen molar-refractivity contribution < 1.29 is 19.4 Å². The summed E-state index contributed by atoms with van der Waals surface area (Å²) in [4.78, 5) is 25.8. The normalized spacial score (nSPS) is 21.2. The van der Waals surface area contributed by atoms with Crippen LogP contribution in [-0.4, -0.2) is 42.1 Å². The summed E-state index contributed by atoms with van der Waals surface area (Å²) in [5.74, 6) is -0.646. The number of carbonyl (C=O) groups excluding carboxylic acids is 1. The number of hydrogen-bond donors (Lipinski definition) is 1. The number of halogens is 1. The Kier molecular flexibility index (Phi) is 4.66. The molecule has 5 nitrogen and oxygen atoms in total. The number of carboxylic acid groups (broad SMARTS) is 1. The molecular weight excluding hydrogens is 306 g/mol. The van der Waals surface area contributed by atoms with Gasteiger partial charge in [0.1, 0.15) is 5.75 Å². The zero-order valence-electron chi connectivity index (χ0n) is 12.9. The van der Waals surface area contributed by atoms with Gasteiger partial charge in [0.05, 0.1) is 17.5 Å². The first kappa shape index (κ1) is 16.6. The maximum atomic E-state index is 12.6. The molecule has 1 aliphatic heterocycles. The minimum absolute atomic E-state index is 0.0393. The number of nitrogens with zero attached hydrogens (tertiary/aromatic N) is 1. The molecule has 0 bridgehead atoms. The van der Waals surface area contributed by atoms with E-state index in [9.17, 15) is 14.7 Å². The fourth-order valence-corrected chi connectivity index (χ4v) is 3.07. The second kappa shape index (κ2) is 6.16. The molecular formula is C16H20ClNO4. The van der Waals surface area contributed by atoms with Crippen LogP contribution in [0.1, 0.15) is 30.6 Å². The first-order valence-electron chi connectivity index (χ1n) is 7.18. The van der Waals surface area contributed by atoms with Gasteiger partial charge in [-0.3, -0.25) is 9.59 Å². The van der Waals surface area contributed by atoms with E-state index in [4.69, 9.17) is 16.3 Å². The van der Waals surface area contributed by atoms with Gasteiger partial charge in [-0.25, -0.2) is 0 Å². The summed E-state index contributed by atoms with van der Waals surface area (Å²) in [6.45, 7) is 4.43. The molecule has 22 heavy (non-hydrogen) atoms. The molecule has 1 aliphatic rings. The lowest BCUT2D eigenvalue weighted by Crippen LogP contribution is -2.40. The van der Waals surface area contributed by atoms with Crippen LogP contribution < -0.4 is 4.74 Å². The Bertz CT molecular complexity index is 602. The third kappa shape index (κ3) is 2.77. The Balaban J connectivity index is 2.23. The number of aliphatic carboxylic acids is 1. The topological polar surface area (TPSA) is 66.8 Å². The second-order valence-corrected chi connectivity index (χ2v) is 6.35. The molecule has 1 fully saturated rings. The summed E-state index contributed by atoms with van der Waals surface area (Å²) < 4.78 is 5.12. The van der Waals surface area contributed by atoms with Crippen molar-refractivity contribution in [3.63, 3.8) is 0 Å². The zero-order chi connectivity index (χ0) is 16.5. The first-order chi connectivity index (χ1) is 10.3. The maximum absolute atomic E-state index is 12.6. The van der Waals surface area contributed by atoms with E-state index in [1.807, 2.05) is 13.8 Å². The van der Waals surface area contributed by atoms with E-state index in [0.29, 0.717) is 29.3 Å². The summed E-state index contributed by atoms with van der Waals surface area (Å²) >= 11 is 5.96. The van der Waals surface area contributed by atoms with Gasteiger partial charge in [-0.1, -0.05) is 25.4 Å². The van der Waals surface area contributed by atoms with Crippen molar-refractivity contribution in [3.05, 3.63) is 28.8 Å². The van der Waals surface area contributed by atoms with Gasteiger partial charge >= 0.3 is 5.97 Å². The molecule has 1 unspecified atom stereocenters. The standard InChI is InChI=1S/C16H20ClNO4/c1-10(2)16(15(20)21)6-7-18(9-16)14(19)11-4-5-12(17)13(8-11)22-3/h4-5,8,10H,6-7,9H2,1-3H3,(H,20,21). The Labute approximate surface area is 134 Å². The number of amides is 1. The van der Waals surface area contributed by atoms with Gasteiger partial charge in [0.2, 0.25) is 0 Å². The van der Waals surface area contributed by atoms with E-state index >= 15 is 0 Å². The van der Waals surface area contributed by atoms with Gasteiger partial charge in [0.15, 0.2) is 0 Å². The maximum Gasteiger partial charge on any atom is 0.311 e. The SMILES string of the molecule is COc1cc(C(=O)N2CCC(C(=O)O)(C(C)C)C2)ccc1Cl. The fraction of sp³-hybridized carbons (Fsp3) is 0.500. The molecule has 2 rings (SSSR count). The monoisotopic (exact) mass is 325 g/mol. The van der Waals surface area contributed by atoms with Crippen LogP contribution in [-0.2, 0) is 4.79 Å². The van der Waals surface area contributed by atoms with E-state index in [1.165, 1.54) is 7.11 Å². The van der Waals surface area contributed by atoms with Crippen molar-refractivity contribution in [3.8, 4) is 5.75 Å². The van der Waals surface area contributed by atoms with Crippen LogP contribution in [0, 0.1) is 11.3 Å². The lowest BCUT2D eigenvalue weighted by Gasteiger charge is -2.28. The highest BCUT2D eigenvalue weighted by atomic mass is 35.5. The number of carbonyl (C=O) groups is 2. The largest absolute Gasteiger partial charge is 0.495 e.